The van der Waals surface area contributed by atoms with Gasteiger partial charge in [-0.25, -0.2) is 13.4 Å². The maximum Gasteiger partial charge on any atom is 0.262 e. The summed E-state index contributed by atoms with van der Waals surface area (Å²) in [4.78, 5) is 3.83. The van der Waals surface area contributed by atoms with Gasteiger partial charge in [0.15, 0.2) is 0 Å². The first-order valence-corrected chi connectivity index (χ1v) is 7.81. The highest BCUT2D eigenvalue weighted by molar-refractivity contribution is 14.1. The monoisotopic (exact) mass is 394 g/mol. The van der Waals surface area contributed by atoms with Crippen molar-refractivity contribution in [2.75, 3.05) is 4.72 Å². The Balaban J connectivity index is 2.33. The van der Waals surface area contributed by atoms with Crippen LogP contribution in [0.3, 0.4) is 0 Å². The molecule has 0 atom stereocenters. The molecular formula is C11H8ClIN2O2S. The number of anilines is 1. The van der Waals surface area contributed by atoms with Gasteiger partial charge in [-0.05, 0) is 52.9 Å². The molecule has 0 bridgehead atoms. The molecule has 0 saturated heterocycles. The van der Waals surface area contributed by atoms with Gasteiger partial charge in [-0.15, -0.1) is 0 Å². The highest BCUT2D eigenvalue weighted by Crippen LogP contribution is 2.19. The molecule has 0 fully saturated rings. The molecule has 0 saturated carbocycles. The lowest BCUT2D eigenvalue weighted by molar-refractivity contribution is 0.601. The molecule has 0 radical (unpaired) electrons. The van der Waals surface area contributed by atoms with Gasteiger partial charge in [0.1, 0.15) is 5.15 Å². The summed E-state index contributed by atoms with van der Waals surface area (Å²) in [6.45, 7) is 0. The molecule has 0 aliphatic heterocycles. The van der Waals surface area contributed by atoms with Crippen LogP contribution in [0.5, 0.6) is 0 Å². The van der Waals surface area contributed by atoms with E-state index in [4.69, 9.17) is 11.6 Å². The van der Waals surface area contributed by atoms with Crippen molar-refractivity contribution in [3.8, 4) is 0 Å². The van der Waals surface area contributed by atoms with E-state index < -0.39 is 10.0 Å². The minimum Gasteiger partial charge on any atom is -0.280 e. The Labute approximate surface area is 124 Å². The van der Waals surface area contributed by atoms with Crippen LogP contribution in [0.4, 0.5) is 5.69 Å². The number of nitrogens with one attached hydrogen (secondary N) is 1. The first-order valence-electron chi connectivity index (χ1n) is 4.87. The van der Waals surface area contributed by atoms with Crippen molar-refractivity contribution < 1.29 is 8.42 Å². The van der Waals surface area contributed by atoms with E-state index >= 15 is 0 Å². The molecule has 0 spiro atoms. The lowest BCUT2D eigenvalue weighted by Gasteiger charge is -2.08. The second-order valence-corrected chi connectivity index (χ2v) is 6.75. The largest absolute Gasteiger partial charge is 0.280 e. The Hall–Kier alpha value is -0.860. The van der Waals surface area contributed by atoms with Crippen LogP contribution in [-0.4, -0.2) is 13.4 Å². The summed E-state index contributed by atoms with van der Waals surface area (Å²) in [5.41, 5.74) is 0.509. The van der Waals surface area contributed by atoms with Crippen molar-refractivity contribution >= 4 is 49.9 Å². The average molecular weight is 395 g/mol. The number of hydrogen-bond acceptors (Lipinski definition) is 3. The van der Waals surface area contributed by atoms with Crippen molar-refractivity contribution in [2.24, 2.45) is 0 Å². The molecule has 94 valence electrons. The number of pyridine rings is 1. The van der Waals surface area contributed by atoms with E-state index in [9.17, 15) is 8.42 Å². The van der Waals surface area contributed by atoms with Gasteiger partial charge in [-0.3, -0.25) is 4.72 Å². The predicted molar refractivity (Wildman–Crippen MR) is 79.2 cm³/mol. The zero-order valence-electron chi connectivity index (χ0n) is 8.97. The lowest BCUT2D eigenvalue weighted by Crippen LogP contribution is -2.13. The Kier molecular flexibility index (Phi) is 4.08. The van der Waals surface area contributed by atoms with Gasteiger partial charge in [0.05, 0.1) is 4.90 Å². The zero-order valence-corrected chi connectivity index (χ0v) is 12.7. The molecule has 2 aromatic rings. The van der Waals surface area contributed by atoms with Crippen LogP contribution in [0.2, 0.25) is 5.15 Å². The fourth-order valence-corrected chi connectivity index (χ4v) is 3.16. The first-order chi connectivity index (χ1) is 8.47. The van der Waals surface area contributed by atoms with Gasteiger partial charge in [0.25, 0.3) is 10.0 Å². The van der Waals surface area contributed by atoms with E-state index in [0.717, 1.165) is 3.57 Å². The number of nitrogens with zero attached hydrogens (tertiary/aromatic N) is 1. The molecule has 7 heteroatoms. The van der Waals surface area contributed by atoms with Crippen molar-refractivity contribution in [1.29, 1.82) is 0 Å². The second kappa shape index (κ2) is 5.41. The molecule has 4 nitrogen and oxygen atoms in total. The number of halogens is 2. The number of hydrogen-bond donors (Lipinski definition) is 1. The van der Waals surface area contributed by atoms with Crippen LogP contribution in [-0.2, 0) is 10.0 Å². The average Bonchev–Trinajstić information content (AvgIpc) is 2.28. The molecule has 2 rings (SSSR count). The third-order valence-electron chi connectivity index (χ3n) is 2.09. The quantitative estimate of drug-likeness (QED) is 0.643. The number of benzene rings is 1. The van der Waals surface area contributed by atoms with E-state index in [1.807, 2.05) is 6.07 Å². The molecule has 1 aromatic carbocycles. The predicted octanol–water partition coefficient (Wildman–Crippen LogP) is 3.14. The summed E-state index contributed by atoms with van der Waals surface area (Å²) in [5.74, 6) is 0. The third kappa shape index (κ3) is 3.33. The maximum absolute atomic E-state index is 12.1. The summed E-state index contributed by atoms with van der Waals surface area (Å²) in [6, 6.07) is 9.77. The highest BCUT2D eigenvalue weighted by atomic mass is 127. The van der Waals surface area contributed by atoms with E-state index in [1.165, 1.54) is 18.3 Å². The Bertz CT molecular complexity index is 676. The van der Waals surface area contributed by atoms with E-state index in [-0.39, 0.29) is 10.0 Å². The normalized spacial score (nSPS) is 11.2. The summed E-state index contributed by atoms with van der Waals surface area (Å²) < 4.78 is 27.6. The smallest absolute Gasteiger partial charge is 0.262 e. The molecule has 1 heterocycles. The van der Waals surface area contributed by atoms with Gasteiger partial charge >= 0.3 is 0 Å². The second-order valence-electron chi connectivity index (χ2n) is 3.43. The van der Waals surface area contributed by atoms with Gasteiger partial charge in [-0.1, -0.05) is 17.7 Å². The minimum atomic E-state index is -3.63. The number of aromatic nitrogens is 1. The van der Waals surface area contributed by atoms with Gasteiger partial charge in [-0.2, -0.15) is 0 Å². The molecule has 0 aliphatic rings. The van der Waals surface area contributed by atoms with Gasteiger partial charge < -0.3 is 0 Å². The van der Waals surface area contributed by atoms with E-state index in [1.54, 1.807) is 18.2 Å². The van der Waals surface area contributed by atoms with Crippen molar-refractivity contribution in [3.63, 3.8) is 0 Å². The molecule has 0 aliphatic carbocycles. The highest BCUT2D eigenvalue weighted by Gasteiger charge is 2.14. The Morgan fingerprint density at radius 1 is 1.22 bits per heavy atom. The zero-order chi connectivity index (χ0) is 13.2. The van der Waals surface area contributed by atoms with E-state index in [2.05, 4.69) is 32.3 Å². The topological polar surface area (TPSA) is 59.1 Å². The van der Waals surface area contributed by atoms with Crippen molar-refractivity contribution in [2.45, 2.75) is 4.90 Å². The van der Waals surface area contributed by atoms with Gasteiger partial charge in [0, 0.05) is 15.5 Å². The van der Waals surface area contributed by atoms with E-state index in [0.29, 0.717) is 5.69 Å². The number of sulfonamides is 1. The van der Waals surface area contributed by atoms with Crippen LogP contribution >= 0.6 is 34.2 Å². The molecule has 0 unspecified atom stereocenters. The fourth-order valence-electron chi connectivity index (χ4n) is 1.32. The lowest BCUT2D eigenvalue weighted by atomic mass is 10.3. The first kappa shape index (κ1) is 13.6. The summed E-state index contributed by atoms with van der Waals surface area (Å²) in [7, 11) is -3.63. The van der Waals surface area contributed by atoms with Crippen LogP contribution in [0, 0.1) is 3.57 Å². The molecule has 0 amide bonds. The maximum atomic E-state index is 12.1. The number of rotatable bonds is 3. The Morgan fingerprint density at radius 3 is 2.67 bits per heavy atom. The molecule has 1 N–H and O–H groups in total. The molecule has 18 heavy (non-hydrogen) atoms. The van der Waals surface area contributed by atoms with Crippen LogP contribution in [0.15, 0.2) is 47.5 Å². The van der Waals surface area contributed by atoms with Crippen LogP contribution in [0.1, 0.15) is 0 Å². The minimum absolute atomic E-state index is 0.0846. The van der Waals surface area contributed by atoms with Crippen molar-refractivity contribution in [1.82, 2.24) is 4.98 Å². The Morgan fingerprint density at radius 2 is 2.00 bits per heavy atom. The van der Waals surface area contributed by atoms with Crippen LogP contribution in [0.25, 0.3) is 0 Å². The summed E-state index contributed by atoms with van der Waals surface area (Å²) in [5, 5.41) is 0.139. The van der Waals surface area contributed by atoms with Crippen LogP contribution < -0.4 is 4.72 Å². The van der Waals surface area contributed by atoms with Gasteiger partial charge in [0.2, 0.25) is 0 Å². The molecule has 1 aromatic heterocycles. The third-order valence-corrected chi connectivity index (χ3v) is 4.34. The molecular weight excluding hydrogens is 387 g/mol. The summed E-state index contributed by atoms with van der Waals surface area (Å²) >= 11 is 7.79. The van der Waals surface area contributed by atoms with Crippen molar-refractivity contribution in [3.05, 3.63) is 51.3 Å². The standard InChI is InChI=1S/C11H8ClIN2O2S/c12-11-7-10(4-5-14-11)18(16,17)15-9-3-1-2-8(13)6-9/h1-7,15H. The SMILES string of the molecule is O=S(=O)(Nc1cccc(I)c1)c1ccnc(Cl)c1. The fraction of sp³-hybridized carbons (Fsp3) is 0. The summed E-state index contributed by atoms with van der Waals surface area (Å²) in [6.07, 6.45) is 1.35.